The number of halogens is 1. The molecule has 1 amide bonds. The summed E-state index contributed by atoms with van der Waals surface area (Å²) < 4.78 is 27.6. The second kappa shape index (κ2) is 9.53. The molecule has 7 nitrogen and oxygen atoms in total. The van der Waals surface area contributed by atoms with Gasteiger partial charge in [-0.1, -0.05) is 59.8 Å². The van der Waals surface area contributed by atoms with E-state index < -0.39 is 10.0 Å². The maximum atomic E-state index is 12.7. The van der Waals surface area contributed by atoms with Crippen molar-refractivity contribution in [1.82, 2.24) is 14.5 Å². The van der Waals surface area contributed by atoms with Gasteiger partial charge in [0.05, 0.1) is 5.75 Å². The van der Waals surface area contributed by atoms with E-state index in [1.807, 2.05) is 6.92 Å². The third-order valence-electron chi connectivity index (χ3n) is 4.42. The quantitative estimate of drug-likeness (QED) is 0.502. The maximum Gasteiger partial charge on any atom is 0.229 e. The van der Waals surface area contributed by atoms with E-state index in [0.717, 1.165) is 10.1 Å². The van der Waals surface area contributed by atoms with Crippen LogP contribution in [0, 0.1) is 5.92 Å². The number of carbonyl (C=O) groups is 1. The number of aromatic nitrogens is 2. The zero-order chi connectivity index (χ0) is 20.1. The van der Waals surface area contributed by atoms with Gasteiger partial charge in [0.25, 0.3) is 0 Å². The van der Waals surface area contributed by atoms with Crippen LogP contribution < -0.4 is 5.32 Å². The Morgan fingerprint density at radius 2 is 2.04 bits per heavy atom. The lowest BCUT2D eigenvalue weighted by molar-refractivity contribution is -0.120. The highest BCUT2D eigenvalue weighted by Gasteiger charge is 2.31. The summed E-state index contributed by atoms with van der Waals surface area (Å²) in [5.74, 6) is 0.390. The summed E-state index contributed by atoms with van der Waals surface area (Å²) in [6, 6.07) is 6.93. The van der Waals surface area contributed by atoms with Gasteiger partial charge in [0.2, 0.25) is 21.1 Å². The van der Waals surface area contributed by atoms with Gasteiger partial charge >= 0.3 is 0 Å². The Balaban J connectivity index is 1.54. The number of thioether (sulfide) groups is 1. The van der Waals surface area contributed by atoms with Crippen molar-refractivity contribution in [2.75, 3.05) is 24.2 Å². The largest absolute Gasteiger partial charge is 0.300 e. The van der Waals surface area contributed by atoms with E-state index >= 15 is 0 Å². The van der Waals surface area contributed by atoms with Crippen LogP contribution in [0.15, 0.2) is 28.6 Å². The number of anilines is 1. The fourth-order valence-corrected chi connectivity index (χ4v) is 6.48. The standard InChI is InChI=1S/C17H21ClN4O3S3/c1-2-26-17-21-20-16(27-17)19-15(23)12-7-9-22(10-8-12)28(24,25)11-13-5-3-4-6-14(13)18/h3-6,12H,2,7-11H2,1H3,(H,19,20,23). The highest BCUT2D eigenvalue weighted by molar-refractivity contribution is 8.01. The first-order valence-electron chi connectivity index (χ1n) is 8.87. The van der Waals surface area contributed by atoms with Crippen molar-refractivity contribution >= 4 is 55.8 Å². The van der Waals surface area contributed by atoms with Crippen LogP contribution in [-0.2, 0) is 20.6 Å². The molecule has 2 aromatic rings. The first-order valence-corrected chi connectivity index (χ1v) is 12.7. The molecular weight excluding hydrogens is 440 g/mol. The molecule has 0 radical (unpaired) electrons. The normalized spacial score (nSPS) is 16.2. The molecule has 1 saturated heterocycles. The van der Waals surface area contributed by atoms with Crippen LogP contribution in [0.1, 0.15) is 25.3 Å². The summed E-state index contributed by atoms with van der Waals surface area (Å²) in [4.78, 5) is 12.5. The molecule has 1 fully saturated rings. The smallest absolute Gasteiger partial charge is 0.229 e. The Morgan fingerprint density at radius 3 is 2.71 bits per heavy atom. The molecular formula is C17H21ClN4O3S3. The molecule has 0 bridgehead atoms. The second-order valence-corrected chi connectivity index (χ2v) is 11.2. The molecule has 152 valence electrons. The molecule has 0 spiro atoms. The third-order valence-corrected chi connectivity index (χ3v) is 8.47. The highest BCUT2D eigenvalue weighted by atomic mass is 35.5. The Labute approximate surface area is 177 Å². The van der Waals surface area contributed by atoms with Gasteiger partial charge in [-0.2, -0.15) is 0 Å². The van der Waals surface area contributed by atoms with Crippen LogP contribution in [0.5, 0.6) is 0 Å². The number of carbonyl (C=O) groups excluding carboxylic acids is 1. The fraction of sp³-hybridized carbons (Fsp3) is 0.471. The molecule has 0 unspecified atom stereocenters. The minimum atomic E-state index is -3.48. The third kappa shape index (κ3) is 5.44. The van der Waals surface area contributed by atoms with Gasteiger partial charge in [-0.15, -0.1) is 10.2 Å². The average Bonchev–Trinajstić information content (AvgIpc) is 3.11. The number of amides is 1. The molecule has 28 heavy (non-hydrogen) atoms. The van der Waals surface area contributed by atoms with E-state index in [4.69, 9.17) is 11.6 Å². The summed E-state index contributed by atoms with van der Waals surface area (Å²) in [7, 11) is -3.48. The molecule has 3 rings (SSSR count). The van der Waals surface area contributed by atoms with Crippen molar-refractivity contribution in [2.45, 2.75) is 29.9 Å². The van der Waals surface area contributed by atoms with E-state index in [1.165, 1.54) is 15.6 Å². The maximum absolute atomic E-state index is 12.7. The van der Waals surface area contributed by atoms with Crippen LogP contribution in [0.2, 0.25) is 5.02 Å². The number of hydrogen-bond acceptors (Lipinski definition) is 7. The number of nitrogens with one attached hydrogen (secondary N) is 1. The molecule has 11 heteroatoms. The molecule has 1 N–H and O–H groups in total. The van der Waals surface area contributed by atoms with Gasteiger partial charge in [-0.3, -0.25) is 4.79 Å². The van der Waals surface area contributed by atoms with Gasteiger partial charge in [0.15, 0.2) is 4.34 Å². The monoisotopic (exact) mass is 460 g/mol. The predicted octanol–water partition coefficient (Wildman–Crippen LogP) is 3.48. The van der Waals surface area contributed by atoms with Crippen molar-refractivity contribution in [3.63, 3.8) is 0 Å². The number of benzene rings is 1. The predicted molar refractivity (Wildman–Crippen MR) is 113 cm³/mol. The van der Waals surface area contributed by atoms with Crippen molar-refractivity contribution in [3.8, 4) is 0 Å². The zero-order valence-electron chi connectivity index (χ0n) is 15.3. The molecule has 1 aliphatic rings. The first kappa shape index (κ1) is 21.5. The molecule has 0 aliphatic carbocycles. The minimum Gasteiger partial charge on any atom is -0.300 e. The lowest BCUT2D eigenvalue weighted by Crippen LogP contribution is -2.41. The van der Waals surface area contributed by atoms with Crippen molar-refractivity contribution < 1.29 is 13.2 Å². The number of piperidine rings is 1. The van der Waals surface area contributed by atoms with Crippen LogP contribution in [-0.4, -0.2) is 47.7 Å². The number of nitrogens with zero attached hydrogens (tertiary/aromatic N) is 3. The Bertz CT molecular complexity index is 927. The summed E-state index contributed by atoms with van der Waals surface area (Å²) in [6.45, 7) is 2.66. The van der Waals surface area contributed by atoms with Crippen LogP contribution in [0.4, 0.5) is 5.13 Å². The highest BCUT2D eigenvalue weighted by Crippen LogP contribution is 2.28. The Hall–Kier alpha value is -1.20. The van der Waals surface area contributed by atoms with Crippen LogP contribution in [0.25, 0.3) is 0 Å². The molecule has 1 aromatic heterocycles. The van der Waals surface area contributed by atoms with E-state index in [0.29, 0.717) is 41.6 Å². The van der Waals surface area contributed by atoms with Gasteiger partial charge in [0, 0.05) is 24.0 Å². The van der Waals surface area contributed by atoms with Gasteiger partial charge < -0.3 is 5.32 Å². The van der Waals surface area contributed by atoms with E-state index in [1.54, 1.807) is 36.0 Å². The number of hydrogen-bond donors (Lipinski definition) is 1. The van der Waals surface area contributed by atoms with Crippen molar-refractivity contribution in [1.29, 1.82) is 0 Å². The molecule has 1 aromatic carbocycles. The second-order valence-electron chi connectivity index (χ2n) is 6.32. The van der Waals surface area contributed by atoms with E-state index in [2.05, 4.69) is 15.5 Å². The fourth-order valence-electron chi connectivity index (χ4n) is 2.95. The Kier molecular flexibility index (Phi) is 7.32. The lowest BCUT2D eigenvalue weighted by Gasteiger charge is -2.30. The average molecular weight is 461 g/mol. The SMILES string of the molecule is CCSc1nnc(NC(=O)C2CCN(S(=O)(=O)Cc3ccccc3Cl)CC2)s1. The van der Waals surface area contributed by atoms with Crippen molar-refractivity contribution in [2.24, 2.45) is 5.92 Å². The molecule has 0 atom stereocenters. The lowest BCUT2D eigenvalue weighted by atomic mass is 9.97. The molecule has 0 saturated carbocycles. The zero-order valence-corrected chi connectivity index (χ0v) is 18.5. The number of rotatable bonds is 7. The summed E-state index contributed by atoms with van der Waals surface area (Å²) in [5, 5.41) is 11.7. The summed E-state index contributed by atoms with van der Waals surface area (Å²) in [6.07, 6.45) is 0.950. The first-order chi connectivity index (χ1) is 13.4. The molecule has 1 aliphatic heterocycles. The summed E-state index contributed by atoms with van der Waals surface area (Å²) >= 11 is 9.01. The van der Waals surface area contributed by atoms with E-state index in [9.17, 15) is 13.2 Å². The molecule has 2 heterocycles. The van der Waals surface area contributed by atoms with Gasteiger partial charge in [0.1, 0.15) is 0 Å². The van der Waals surface area contributed by atoms with Crippen LogP contribution >= 0.6 is 34.7 Å². The summed E-state index contributed by atoms with van der Waals surface area (Å²) in [5.41, 5.74) is 0.584. The van der Waals surface area contributed by atoms with Crippen molar-refractivity contribution in [3.05, 3.63) is 34.9 Å². The van der Waals surface area contributed by atoms with E-state index in [-0.39, 0.29) is 17.6 Å². The van der Waals surface area contributed by atoms with Gasteiger partial charge in [-0.05, 0) is 30.2 Å². The number of sulfonamides is 1. The van der Waals surface area contributed by atoms with Gasteiger partial charge in [-0.25, -0.2) is 12.7 Å². The van der Waals surface area contributed by atoms with Crippen LogP contribution in [0.3, 0.4) is 0 Å². The minimum absolute atomic E-state index is 0.132. The Morgan fingerprint density at radius 1 is 1.32 bits per heavy atom. The topological polar surface area (TPSA) is 92.3 Å².